The van der Waals surface area contributed by atoms with Gasteiger partial charge in [-0.05, 0) is 12.8 Å². The molecular weight excluding hydrogens is 240 g/mol. The highest BCUT2D eigenvalue weighted by molar-refractivity contribution is 7.53. The van der Waals surface area contributed by atoms with Crippen LogP contribution in [0.5, 0.6) is 0 Å². The van der Waals surface area contributed by atoms with E-state index in [1.807, 2.05) is 0 Å². The van der Waals surface area contributed by atoms with Crippen LogP contribution in [-0.4, -0.2) is 10.6 Å². The van der Waals surface area contributed by atoms with Gasteiger partial charge in [0.05, 0.1) is 0 Å². The number of rotatable bonds is 2. The van der Waals surface area contributed by atoms with E-state index in [1.165, 1.54) is 6.42 Å². The molecule has 6 heteroatoms. The van der Waals surface area contributed by atoms with Gasteiger partial charge in [-0.2, -0.15) is 13.0 Å². The molecule has 1 aliphatic carbocycles. The Bertz CT molecular complexity index is 234. The first kappa shape index (κ1) is 16.0. The third-order valence-electron chi connectivity index (χ3n) is 2.46. The third kappa shape index (κ3) is 4.46. The van der Waals surface area contributed by atoms with Crippen LogP contribution in [0.4, 0.5) is 13.0 Å². The predicted octanol–water partition coefficient (Wildman–Crippen LogP) is 4.73. The van der Waals surface area contributed by atoms with Gasteiger partial charge in [0, 0.05) is 5.92 Å². The van der Waals surface area contributed by atoms with Gasteiger partial charge in [-0.3, -0.25) is 0 Å². The summed E-state index contributed by atoms with van der Waals surface area (Å²) in [5, 5.41) is 0. The van der Waals surface area contributed by atoms with Crippen molar-refractivity contribution >= 4 is 7.68 Å². The predicted molar refractivity (Wildman–Crippen MR) is 58.4 cm³/mol. The molecule has 1 N–H and O–H groups in total. The van der Waals surface area contributed by atoms with Crippen molar-refractivity contribution in [3.8, 4) is 0 Å². The second-order valence-corrected chi connectivity index (χ2v) is 5.73. The standard InChI is InChI=1S/C7H12F3O2P.C3H8/c8-7(9,13(10,11)12)6-4-2-1-3-5-6;1-3-2/h6H,1-5H2,(H,11,12);3H2,1-2H3. The fourth-order valence-electron chi connectivity index (χ4n) is 1.68. The van der Waals surface area contributed by atoms with E-state index in [1.54, 1.807) is 0 Å². The van der Waals surface area contributed by atoms with Crippen LogP contribution in [0, 0.1) is 5.92 Å². The lowest BCUT2D eigenvalue weighted by atomic mass is 9.89. The summed E-state index contributed by atoms with van der Waals surface area (Å²) in [6, 6.07) is 0. The summed E-state index contributed by atoms with van der Waals surface area (Å²) in [6.07, 6.45) is 3.54. The first-order valence-electron chi connectivity index (χ1n) is 5.67. The average Bonchev–Trinajstić information content (AvgIpc) is 2.18. The van der Waals surface area contributed by atoms with Crippen LogP contribution in [0.15, 0.2) is 0 Å². The largest absolute Gasteiger partial charge is 0.433 e. The highest BCUT2D eigenvalue weighted by atomic mass is 31.2. The van der Waals surface area contributed by atoms with E-state index in [-0.39, 0.29) is 12.8 Å². The summed E-state index contributed by atoms with van der Waals surface area (Å²) in [6.45, 7) is 4.25. The molecule has 98 valence electrons. The monoisotopic (exact) mass is 260 g/mol. The maximum Gasteiger partial charge on any atom is 0.433 e. The van der Waals surface area contributed by atoms with Gasteiger partial charge in [0.25, 0.3) is 0 Å². The molecule has 0 spiro atoms. The Morgan fingerprint density at radius 3 is 1.94 bits per heavy atom. The number of hydrogen-bond donors (Lipinski definition) is 1. The maximum atomic E-state index is 12.9. The van der Waals surface area contributed by atoms with Gasteiger partial charge in [0.15, 0.2) is 0 Å². The number of halogens is 3. The van der Waals surface area contributed by atoms with Crippen molar-refractivity contribution in [2.45, 2.75) is 58.0 Å². The minimum atomic E-state index is -5.77. The molecule has 0 bridgehead atoms. The van der Waals surface area contributed by atoms with E-state index in [0.29, 0.717) is 12.8 Å². The van der Waals surface area contributed by atoms with E-state index in [9.17, 15) is 17.5 Å². The quantitative estimate of drug-likeness (QED) is 0.729. The minimum absolute atomic E-state index is 0.140. The fraction of sp³-hybridized carbons (Fsp3) is 1.00. The van der Waals surface area contributed by atoms with E-state index < -0.39 is 19.3 Å². The Morgan fingerprint density at radius 2 is 1.62 bits per heavy atom. The average molecular weight is 260 g/mol. The first-order chi connectivity index (χ1) is 7.27. The summed E-state index contributed by atoms with van der Waals surface area (Å²) < 4.78 is 48.4. The molecule has 1 unspecified atom stereocenters. The van der Waals surface area contributed by atoms with E-state index in [2.05, 4.69) is 13.8 Å². The molecule has 0 saturated heterocycles. The van der Waals surface area contributed by atoms with Gasteiger partial charge in [-0.1, -0.05) is 39.5 Å². The first-order valence-corrected chi connectivity index (χ1v) is 7.22. The molecule has 16 heavy (non-hydrogen) atoms. The van der Waals surface area contributed by atoms with Crippen LogP contribution in [-0.2, 0) is 4.57 Å². The van der Waals surface area contributed by atoms with Crippen LogP contribution < -0.4 is 0 Å². The van der Waals surface area contributed by atoms with Crippen molar-refractivity contribution in [3.05, 3.63) is 0 Å². The molecule has 0 aliphatic heterocycles. The second kappa shape index (κ2) is 6.65. The lowest BCUT2D eigenvalue weighted by Crippen LogP contribution is -2.28. The molecule has 0 radical (unpaired) electrons. The SMILES string of the molecule is CCC.O=P(O)(F)C(F)(F)C1CCCCC1. The summed E-state index contributed by atoms with van der Waals surface area (Å²) in [5.41, 5.74) is -4.05. The Morgan fingerprint density at radius 1 is 1.25 bits per heavy atom. The number of hydrogen-bond acceptors (Lipinski definition) is 1. The molecule has 0 aromatic heterocycles. The van der Waals surface area contributed by atoms with Crippen molar-refractivity contribution in [2.75, 3.05) is 0 Å². The van der Waals surface area contributed by atoms with Gasteiger partial charge in [0.1, 0.15) is 0 Å². The molecule has 0 aromatic rings. The summed E-state index contributed by atoms with van der Waals surface area (Å²) in [5.74, 6) is -1.26. The van der Waals surface area contributed by atoms with Crippen LogP contribution >= 0.6 is 7.68 Å². The summed E-state index contributed by atoms with van der Waals surface area (Å²) >= 11 is 0. The smallest absolute Gasteiger partial charge is 0.317 e. The van der Waals surface area contributed by atoms with E-state index >= 15 is 0 Å². The third-order valence-corrected chi connectivity index (χ3v) is 3.56. The minimum Gasteiger partial charge on any atom is -0.317 e. The highest BCUT2D eigenvalue weighted by Gasteiger charge is 2.56. The zero-order valence-electron chi connectivity index (χ0n) is 9.76. The number of alkyl halides is 2. The van der Waals surface area contributed by atoms with E-state index in [0.717, 1.165) is 6.42 Å². The van der Waals surface area contributed by atoms with Crippen LogP contribution in [0.25, 0.3) is 0 Å². The molecule has 0 aromatic carbocycles. The second-order valence-electron chi connectivity index (χ2n) is 4.13. The van der Waals surface area contributed by atoms with Gasteiger partial charge < -0.3 is 4.89 Å². The molecule has 1 saturated carbocycles. The van der Waals surface area contributed by atoms with Gasteiger partial charge in [-0.15, -0.1) is 0 Å². The Labute approximate surface area is 94.8 Å². The molecular formula is C10H20F3O2P. The highest BCUT2D eigenvalue weighted by Crippen LogP contribution is 2.63. The van der Waals surface area contributed by atoms with Crippen LogP contribution in [0.2, 0.25) is 0 Å². The Balaban J connectivity index is 0.000000673. The Kier molecular flexibility index (Phi) is 6.64. The fourth-order valence-corrected chi connectivity index (χ4v) is 2.38. The van der Waals surface area contributed by atoms with Gasteiger partial charge >= 0.3 is 13.3 Å². The molecule has 0 heterocycles. The van der Waals surface area contributed by atoms with Crippen LogP contribution in [0.3, 0.4) is 0 Å². The molecule has 1 atom stereocenters. The normalized spacial score (nSPS) is 21.9. The molecule has 1 rings (SSSR count). The summed E-state index contributed by atoms with van der Waals surface area (Å²) in [4.78, 5) is 8.24. The molecule has 1 fully saturated rings. The Hall–Kier alpha value is -0.0200. The van der Waals surface area contributed by atoms with Gasteiger partial charge in [-0.25, -0.2) is 4.57 Å². The maximum absolute atomic E-state index is 12.9. The zero-order valence-corrected chi connectivity index (χ0v) is 10.7. The molecule has 0 amide bonds. The van der Waals surface area contributed by atoms with Crippen molar-refractivity contribution < 1.29 is 22.4 Å². The molecule has 2 nitrogen and oxygen atoms in total. The zero-order chi connectivity index (χ0) is 12.8. The summed E-state index contributed by atoms with van der Waals surface area (Å²) in [7, 11) is -5.77. The topological polar surface area (TPSA) is 37.3 Å². The lowest BCUT2D eigenvalue weighted by Gasteiger charge is -2.29. The van der Waals surface area contributed by atoms with Crippen LogP contribution in [0.1, 0.15) is 52.4 Å². The molecule has 1 aliphatic rings. The van der Waals surface area contributed by atoms with Crippen molar-refractivity contribution in [1.82, 2.24) is 0 Å². The van der Waals surface area contributed by atoms with Gasteiger partial charge in [0.2, 0.25) is 0 Å². The lowest BCUT2D eigenvalue weighted by molar-refractivity contribution is -0.00935. The van der Waals surface area contributed by atoms with E-state index in [4.69, 9.17) is 4.89 Å². The van der Waals surface area contributed by atoms with Crippen molar-refractivity contribution in [2.24, 2.45) is 5.92 Å². The van der Waals surface area contributed by atoms with Crippen molar-refractivity contribution in [3.63, 3.8) is 0 Å². The van der Waals surface area contributed by atoms with Crippen molar-refractivity contribution in [1.29, 1.82) is 0 Å².